The Kier molecular flexibility index (Phi) is 5.57. The lowest BCUT2D eigenvalue weighted by molar-refractivity contribution is 0.190. The van der Waals surface area contributed by atoms with Gasteiger partial charge in [0.05, 0.1) is 19.7 Å². The van der Waals surface area contributed by atoms with Gasteiger partial charge in [-0.05, 0) is 6.07 Å². The van der Waals surface area contributed by atoms with Crippen LogP contribution in [0.4, 0.5) is 10.6 Å². The number of hydrogen-bond acceptors (Lipinski definition) is 7. The van der Waals surface area contributed by atoms with E-state index in [0.717, 1.165) is 42.9 Å². The van der Waals surface area contributed by atoms with Gasteiger partial charge in [0, 0.05) is 50.7 Å². The molecule has 9 nitrogen and oxygen atoms in total. The minimum atomic E-state index is -0.986. The van der Waals surface area contributed by atoms with Crippen LogP contribution in [0.1, 0.15) is 0 Å². The Hall–Kier alpha value is -2.81. The van der Waals surface area contributed by atoms with Crippen molar-refractivity contribution in [3.63, 3.8) is 0 Å². The normalized spacial score (nSPS) is 15.1. The molecule has 9 heteroatoms. The number of carbonyl (C=O) groups is 1. The summed E-state index contributed by atoms with van der Waals surface area (Å²) in [5, 5.41) is 12.0. The van der Waals surface area contributed by atoms with Gasteiger partial charge in [0.2, 0.25) is 0 Å². The number of rotatable bonds is 6. The molecule has 2 heterocycles. The zero-order valence-electron chi connectivity index (χ0n) is 14.9. The Morgan fingerprint density at radius 1 is 1.15 bits per heavy atom. The van der Waals surface area contributed by atoms with Gasteiger partial charge in [-0.25, -0.2) is 14.8 Å². The number of hydrogen-bond donors (Lipinski definition) is 2. The molecule has 0 saturated carbocycles. The van der Waals surface area contributed by atoms with E-state index >= 15 is 0 Å². The second kappa shape index (κ2) is 8.05. The number of nitrogens with one attached hydrogen (secondary N) is 1. The minimum Gasteiger partial charge on any atom is -0.493 e. The van der Waals surface area contributed by atoms with E-state index < -0.39 is 6.09 Å². The minimum absolute atomic E-state index is 0.433. The van der Waals surface area contributed by atoms with Crippen LogP contribution in [-0.2, 0) is 0 Å². The van der Waals surface area contributed by atoms with Crippen LogP contribution in [-0.4, -0.2) is 79.6 Å². The lowest BCUT2D eigenvalue weighted by Crippen LogP contribution is -2.48. The monoisotopic (exact) mass is 361 g/mol. The van der Waals surface area contributed by atoms with Gasteiger partial charge in [0.15, 0.2) is 11.5 Å². The van der Waals surface area contributed by atoms with E-state index in [1.807, 2.05) is 12.1 Å². The number of carboxylic acid groups (broad SMARTS) is 1. The Labute approximate surface area is 151 Å². The van der Waals surface area contributed by atoms with Crippen LogP contribution < -0.4 is 19.7 Å². The van der Waals surface area contributed by atoms with E-state index in [0.29, 0.717) is 24.6 Å². The van der Waals surface area contributed by atoms with Crippen molar-refractivity contribution in [2.45, 2.75) is 0 Å². The van der Waals surface area contributed by atoms with E-state index in [1.165, 1.54) is 0 Å². The van der Waals surface area contributed by atoms with Gasteiger partial charge in [-0.2, -0.15) is 0 Å². The summed E-state index contributed by atoms with van der Waals surface area (Å²) >= 11 is 0. The molecule has 1 fully saturated rings. The van der Waals surface area contributed by atoms with Crippen LogP contribution in [0.25, 0.3) is 10.9 Å². The average Bonchev–Trinajstić information content (AvgIpc) is 2.66. The van der Waals surface area contributed by atoms with Gasteiger partial charge in [-0.15, -0.1) is 0 Å². The molecule has 0 aliphatic carbocycles. The Morgan fingerprint density at radius 2 is 1.85 bits per heavy atom. The summed E-state index contributed by atoms with van der Waals surface area (Å²) in [4.78, 5) is 23.8. The predicted molar refractivity (Wildman–Crippen MR) is 97.3 cm³/mol. The summed E-state index contributed by atoms with van der Waals surface area (Å²) in [6.07, 6.45) is 0.577. The Bertz CT molecular complexity index is 777. The highest BCUT2D eigenvalue weighted by molar-refractivity contribution is 5.92. The second-order valence-electron chi connectivity index (χ2n) is 5.98. The number of nitrogens with zero attached hydrogens (tertiary/aromatic N) is 4. The third-order valence-electron chi connectivity index (χ3n) is 4.50. The highest BCUT2D eigenvalue weighted by Gasteiger charge is 2.21. The molecule has 1 amide bonds. The van der Waals surface area contributed by atoms with E-state index in [4.69, 9.17) is 14.6 Å². The zero-order valence-corrected chi connectivity index (χ0v) is 14.9. The van der Waals surface area contributed by atoms with Crippen molar-refractivity contribution < 1.29 is 19.4 Å². The van der Waals surface area contributed by atoms with Crippen molar-refractivity contribution in [3.8, 4) is 11.5 Å². The van der Waals surface area contributed by atoms with Crippen molar-refractivity contribution in [2.75, 3.05) is 58.4 Å². The summed E-state index contributed by atoms with van der Waals surface area (Å²) < 4.78 is 10.7. The van der Waals surface area contributed by atoms with Gasteiger partial charge in [0.1, 0.15) is 12.1 Å². The van der Waals surface area contributed by atoms with E-state index in [9.17, 15) is 4.79 Å². The smallest absolute Gasteiger partial charge is 0.404 e. The lowest BCUT2D eigenvalue weighted by Gasteiger charge is -2.35. The SMILES string of the molecule is COc1cc2ncnc(N3CCN(CCNC(=O)O)CC3)c2cc1OC. The van der Waals surface area contributed by atoms with E-state index in [-0.39, 0.29) is 0 Å². The third-order valence-corrected chi connectivity index (χ3v) is 4.50. The van der Waals surface area contributed by atoms with Gasteiger partial charge >= 0.3 is 6.09 Å². The number of methoxy groups -OCH3 is 2. The molecule has 1 aliphatic heterocycles. The van der Waals surface area contributed by atoms with Crippen molar-refractivity contribution in [2.24, 2.45) is 0 Å². The molecule has 3 rings (SSSR count). The standard InChI is InChI=1S/C17H23N5O4/c1-25-14-9-12-13(10-15(14)26-2)19-11-20-16(12)22-7-5-21(6-8-22)4-3-18-17(23)24/h9-11,18H,3-8H2,1-2H3,(H,23,24). The van der Waals surface area contributed by atoms with Crippen LogP contribution in [0.15, 0.2) is 18.5 Å². The fraction of sp³-hybridized carbons (Fsp3) is 0.471. The first-order valence-electron chi connectivity index (χ1n) is 8.43. The summed E-state index contributed by atoms with van der Waals surface area (Å²) in [5.74, 6) is 2.16. The molecule has 1 aromatic carbocycles. The molecule has 26 heavy (non-hydrogen) atoms. The Balaban J connectivity index is 1.74. The maximum absolute atomic E-state index is 10.5. The number of benzene rings is 1. The number of ether oxygens (including phenoxy) is 2. The van der Waals surface area contributed by atoms with Gasteiger partial charge in [-0.1, -0.05) is 0 Å². The highest BCUT2D eigenvalue weighted by atomic mass is 16.5. The number of anilines is 1. The molecular weight excluding hydrogens is 338 g/mol. The van der Waals surface area contributed by atoms with Crippen LogP contribution >= 0.6 is 0 Å². The van der Waals surface area contributed by atoms with E-state index in [1.54, 1.807) is 20.5 Å². The van der Waals surface area contributed by atoms with Crippen LogP contribution in [0.5, 0.6) is 11.5 Å². The molecule has 0 bridgehead atoms. The van der Waals surface area contributed by atoms with Gasteiger partial charge < -0.3 is 24.8 Å². The largest absolute Gasteiger partial charge is 0.493 e. The molecule has 0 spiro atoms. The lowest BCUT2D eigenvalue weighted by atomic mass is 10.2. The van der Waals surface area contributed by atoms with Gasteiger partial charge in [-0.3, -0.25) is 4.90 Å². The number of piperazine rings is 1. The average molecular weight is 361 g/mol. The summed E-state index contributed by atoms with van der Waals surface area (Å²) in [6.45, 7) is 4.46. The van der Waals surface area contributed by atoms with Crippen molar-refractivity contribution in [1.82, 2.24) is 20.2 Å². The van der Waals surface area contributed by atoms with Crippen molar-refractivity contribution >= 4 is 22.8 Å². The molecule has 0 unspecified atom stereocenters. The van der Waals surface area contributed by atoms with E-state index in [2.05, 4.69) is 25.1 Å². The highest BCUT2D eigenvalue weighted by Crippen LogP contribution is 2.34. The molecule has 140 valence electrons. The first-order valence-corrected chi connectivity index (χ1v) is 8.43. The molecule has 2 aromatic rings. The van der Waals surface area contributed by atoms with Crippen LogP contribution in [0.3, 0.4) is 0 Å². The molecule has 1 saturated heterocycles. The van der Waals surface area contributed by atoms with Crippen molar-refractivity contribution in [3.05, 3.63) is 18.5 Å². The van der Waals surface area contributed by atoms with Crippen LogP contribution in [0.2, 0.25) is 0 Å². The van der Waals surface area contributed by atoms with Crippen LogP contribution in [0, 0.1) is 0 Å². The molecule has 1 aliphatic rings. The molecule has 2 N–H and O–H groups in total. The summed E-state index contributed by atoms with van der Waals surface area (Å²) in [7, 11) is 3.21. The quantitative estimate of drug-likeness (QED) is 0.787. The zero-order chi connectivity index (χ0) is 18.5. The topological polar surface area (TPSA) is 100 Å². The predicted octanol–water partition coefficient (Wildman–Crippen LogP) is 1.04. The fourth-order valence-corrected chi connectivity index (χ4v) is 3.13. The summed E-state index contributed by atoms with van der Waals surface area (Å²) in [6, 6.07) is 3.76. The number of amides is 1. The first-order chi connectivity index (χ1) is 12.6. The molecular formula is C17H23N5O4. The fourth-order valence-electron chi connectivity index (χ4n) is 3.13. The van der Waals surface area contributed by atoms with Crippen molar-refractivity contribution in [1.29, 1.82) is 0 Å². The summed E-state index contributed by atoms with van der Waals surface area (Å²) in [5.41, 5.74) is 0.806. The second-order valence-corrected chi connectivity index (χ2v) is 5.98. The number of aromatic nitrogens is 2. The third kappa shape index (κ3) is 3.88. The maximum atomic E-state index is 10.5. The maximum Gasteiger partial charge on any atom is 0.404 e. The van der Waals surface area contributed by atoms with Gasteiger partial charge in [0.25, 0.3) is 0 Å². The number of fused-ring (bicyclic) bond motifs is 1. The first kappa shape index (κ1) is 18.0. The molecule has 0 radical (unpaired) electrons. The molecule has 1 aromatic heterocycles. The Morgan fingerprint density at radius 3 is 2.50 bits per heavy atom. The molecule has 0 atom stereocenters.